The van der Waals surface area contributed by atoms with Gasteiger partial charge in [0.25, 0.3) is 0 Å². The molecule has 0 aromatic carbocycles. The lowest BCUT2D eigenvalue weighted by Gasteiger charge is -2.38. The van der Waals surface area contributed by atoms with Crippen molar-refractivity contribution in [2.24, 2.45) is 5.92 Å². The summed E-state index contributed by atoms with van der Waals surface area (Å²) in [5.74, 6) is 0.735. The lowest BCUT2D eigenvalue weighted by Crippen LogP contribution is -2.59. The number of likely N-dealkylation sites (N-methyl/N-ethyl adjacent to an activating group) is 1. The van der Waals surface area contributed by atoms with Crippen molar-refractivity contribution >= 4 is 5.91 Å². The van der Waals surface area contributed by atoms with Crippen molar-refractivity contribution in [3.8, 4) is 0 Å². The van der Waals surface area contributed by atoms with E-state index in [9.17, 15) is 4.79 Å². The van der Waals surface area contributed by atoms with E-state index in [0.717, 1.165) is 6.54 Å². The van der Waals surface area contributed by atoms with Crippen molar-refractivity contribution in [1.29, 1.82) is 0 Å². The molecule has 2 atom stereocenters. The first-order valence-electron chi connectivity index (χ1n) is 4.54. The molecule has 3 nitrogen and oxygen atoms in total. The lowest BCUT2D eigenvalue weighted by atomic mass is 9.99. The maximum absolute atomic E-state index is 11.5. The van der Waals surface area contributed by atoms with Crippen LogP contribution in [0.2, 0.25) is 0 Å². The smallest absolute Gasteiger partial charge is 0.239 e. The zero-order valence-electron chi connectivity index (χ0n) is 8.29. The van der Waals surface area contributed by atoms with Gasteiger partial charge in [-0.3, -0.25) is 4.79 Å². The monoisotopic (exact) mass is 170 g/mol. The van der Waals surface area contributed by atoms with Crippen molar-refractivity contribution in [3.05, 3.63) is 0 Å². The second-order valence-corrected chi connectivity index (χ2v) is 3.89. The van der Waals surface area contributed by atoms with E-state index in [1.54, 1.807) is 0 Å². The number of amides is 1. The van der Waals surface area contributed by atoms with Gasteiger partial charge < -0.3 is 10.2 Å². The van der Waals surface area contributed by atoms with Crippen LogP contribution < -0.4 is 5.32 Å². The zero-order chi connectivity index (χ0) is 9.30. The molecule has 2 unspecified atom stereocenters. The first-order chi connectivity index (χ1) is 5.54. The second-order valence-electron chi connectivity index (χ2n) is 3.89. The molecule has 0 aromatic heterocycles. The average molecular weight is 170 g/mol. The minimum atomic E-state index is -0.00926. The lowest BCUT2D eigenvalue weighted by molar-refractivity contribution is -0.137. The number of nitrogens with zero attached hydrogens (tertiary/aromatic N) is 1. The first kappa shape index (κ1) is 9.52. The number of hydrogen-bond acceptors (Lipinski definition) is 2. The number of carbonyl (C=O) groups is 1. The Morgan fingerprint density at radius 2 is 2.17 bits per heavy atom. The summed E-state index contributed by atoms with van der Waals surface area (Å²) in [6, 6.07) is 0.346. The Balaban J connectivity index is 2.65. The van der Waals surface area contributed by atoms with Gasteiger partial charge in [-0.05, 0) is 12.8 Å². The molecule has 0 radical (unpaired) electrons. The molecule has 1 saturated heterocycles. The third-order valence-electron chi connectivity index (χ3n) is 2.62. The van der Waals surface area contributed by atoms with Gasteiger partial charge in [-0.25, -0.2) is 0 Å². The van der Waals surface area contributed by atoms with Crippen LogP contribution in [0.1, 0.15) is 20.8 Å². The maximum Gasteiger partial charge on any atom is 0.239 e. The van der Waals surface area contributed by atoms with Crippen LogP contribution in [0.3, 0.4) is 0 Å². The Morgan fingerprint density at radius 1 is 1.58 bits per heavy atom. The van der Waals surface area contributed by atoms with Gasteiger partial charge in [0.1, 0.15) is 0 Å². The van der Waals surface area contributed by atoms with Crippen LogP contribution in [0.25, 0.3) is 0 Å². The molecule has 1 heterocycles. The van der Waals surface area contributed by atoms with Crippen LogP contribution in [0.4, 0.5) is 0 Å². The minimum Gasteiger partial charge on any atom is -0.340 e. The van der Waals surface area contributed by atoms with E-state index in [0.29, 0.717) is 12.0 Å². The van der Waals surface area contributed by atoms with Gasteiger partial charge in [-0.15, -0.1) is 0 Å². The van der Waals surface area contributed by atoms with Crippen molar-refractivity contribution in [1.82, 2.24) is 10.2 Å². The van der Waals surface area contributed by atoms with Gasteiger partial charge >= 0.3 is 0 Å². The van der Waals surface area contributed by atoms with Crippen LogP contribution in [-0.4, -0.2) is 36.5 Å². The normalized spacial score (nSPS) is 31.4. The molecule has 70 valence electrons. The number of nitrogens with one attached hydrogen (secondary N) is 1. The predicted molar refractivity (Wildman–Crippen MR) is 48.9 cm³/mol. The molecular weight excluding hydrogens is 152 g/mol. The highest BCUT2D eigenvalue weighted by atomic mass is 16.2. The van der Waals surface area contributed by atoms with Crippen molar-refractivity contribution in [3.63, 3.8) is 0 Å². The van der Waals surface area contributed by atoms with Crippen LogP contribution in [0.15, 0.2) is 0 Å². The first-order valence-corrected chi connectivity index (χ1v) is 4.54. The average Bonchev–Trinajstić information content (AvgIpc) is 2.00. The van der Waals surface area contributed by atoms with E-state index in [1.165, 1.54) is 0 Å². The molecule has 0 bridgehead atoms. The van der Waals surface area contributed by atoms with Gasteiger partial charge in [0.15, 0.2) is 0 Å². The fraction of sp³-hybridized carbons (Fsp3) is 0.889. The quantitative estimate of drug-likeness (QED) is 0.620. The zero-order valence-corrected chi connectivity index (χ0v) is 8.29. The molecule has 1 aliphatic rings. The highest BCUT2D eigenvalue weighted by Gasteiger charge is 2.31. The van der Waals surface area contributed by atoms with Crippen molar-refractivity contribution in [2.75, 3.05) is 13.6 Å². The summed E-state index contributed by atoms with van der Waals surface area (Å²) >= 11 is 0. The van der Waals surface area contributed by atoms with Gasteiger partial charge in [0, 0.05) is 19.6 Å². The standard InChI is InChI=1S/C9H18N2O/c1-6(2)8-5-10-7(3)9(12)11(8)4/h6-8,10H,5H2,1-4H3. The Hall–Kier alpha value is -0.570. The van der Waals surface area contributed by atoms with Crippen LogP contribution in [-0.2, 0) is 4.79 Å². The molecule has 3 heteroatoms. The number of rotatable bonds is 1. The summed E-state index contributed by atoms with van der Waals surface area (Å²) < 4.78 is 0. The highest BCUT2D eigenvalue weighted by Crippen LogP contribution is 2.13. The van der Waals surface area contributed by atoms with Crippen LogP contribution in [0, 0.1) is 5.92 Å². The fourth-order valence-corrected chi connectivity index (χ4v) is 1.67. The minimum absolute atomic E-state index is 0.00926. The van der Waals surface area contributed by atoms with Gasteiger partial charge in [0.2, 0.25) is 5.91 Å². The highest BCUT2D eigenvalue weighted by molar-refractivity contribution is 5.82. The Labute approximate surface area is 74.1 Å². The maximum atomic E-state index is 11.5. The Kier molecular flexibility index (Phi) is 2.73. The summed E-state index contributed by atoms with van der Waals surface area (Å²) in [5.41, 5.74) is 0. The molecule has 1 amide bonds. The molecule has 1 N–H and O–H groups in total. The van der Waals surface area contributed by atoms with E-state index < -0.39 is 0 Å². The number of carbonyl (C=O) groups excluding carboxylic acids is 1. The van der Waals surface area contributed by atoms with E-state index in [4.69, 9.17) is 0 Å². The summed E-state index contributed by atoms with van der Waals surface area (Å²) in [5, 5.41) is 3.20. The van der Waals surface area contributed by atoms with Crippen molar-refractivity contribution in [2.45, 2.75) is 32.9 Å². The summed E-state index contributed by atoms with van der Waals surface area (Å²) in [4.78, 5) is 13.4. The van der Waals surface area contributed by atoms with E-state index in [1.807, 2.05) is 18.9 Å². The molecule has 0 aliphatic carbocycles. The Bertz CT molecular complexity index is 179. The topological polar surface area (TPSA) is 32.3 Å². The van der Waals surface area contributed by atoms with Gasteiger partial charge in [0.05, 0.1) is 6.04 Å². The van der Waals surface area contributed by atoms with E-state index >= 15 is 0 Å². The Morgan fingerprint density at radius 3 is 2.67 bits per heavy atom. The molecule has 0 spiro atoms. The third kappa shape index (κ3) is 1.61. The third-order valence-corrected chi connectivity index (χ3v) is 2.62. The largest absolute Gasteiger partial charge is 0.340 e. The molecule has 12 heavy (non-hydrogen) atoms. The fourth-order valence-electron chi connectivity index (χ4n) is 1.67. The molecule has 0 saturated carbocycles. The number of hydrogen-bond donors (Lipinski definition) is 1. The van der Waals surface area contributed by atoms with E-state index in [-0.39, 0.29) is 11.9 Å². The van der Waals surface area contributed by atoms with Crippen molar-refractivity contribution < 1.29 is 4.79 Å². The van der Waals surface area contributed by atoms with Gasteiger partial charge in [-0.2, -0.15) is 0 Å². The summed E-state index contributed by atoms with van der Waals surface area (Å²) in [6.45, 7) is 7.12. The molecule has 1 rings (SSSR count). The SMILES string of the molecule is CC1NCC(C(C)C)N(C)C1=O. The molecule has 0 aromatic rings. The summed E-state index contributed by atoms with van der Waals surface area (Å²) in [6.07, 6.45) is 0. The summed E-state index contributed by atoms with van der Waals surface area (Å²) in [7, 11) is 1.89. The number of piperazine rings is 1. The van der Waals surface area contributed by atoms with Gasteiger partial charge in [-0.1, -0.05) is 13.8 Å². The van der Waals surface area contributed by atoms with E-state index in [2.05, 4.69) is 19.2 Å². The van der Waals surface area contributed by atoms with Crippen LogP contribution >= 0.6 is 0 Å². The molecular formula is C9H18N2O. The molecule has 1 fully saturated rings. The van der Waals surface area contributed by atoms with Crippen LogP contribution in [0.5, 0.6) is 0 Å². The molecule has 1 aliphatic heterocycles. The predicted octanol–water partition coefficient (Wildman–Crippen LogP) is 0.461. The second kappa shape index (κ2) is 3.44.